The zero-order valence-corrected chi connectivity index (χ0v) is 11.0. The van der Waals surface area contributed by atoms with Gasteiger partial charge in [0.15, 0.2) is 0 Å². The normalized spacial score (nSPS) is 10.1. The molecule has 0 fully saturated rings. The first kappa shape index (κ1) is 13.7. The molecule has 104 valence electrons. The van der Waals surface area contributed by atoms with Crippen LogP contribution < -0.4 is 10.5 Å². The van der Waals surface area contributed by atoms with Crippen molar-refractivity contribution in [1.82, 2.24) is 0 Å². The lowest BCUT2D eigenvalue weighted by Gasteiger charge is -2.10. The molecule has 0 atom stereocenters. The summed E-state index contributed by atoms with van der Waals surface area (Å²) in [6.07, 6.45) is 0. The van der Waals surface area contributed by atoms with Crippen LogP contribution in [0.25, 0.3) is 0 Å². The number of rotatable bonds is 4. The van der Waals surface area contributed by atoms with E-state index in [0.717, 1.165) is 5.56 Å². The molecule has 2 rings (SSSR count). The third-order valence-electron chi connectivity index (χ3n) is 2.81. The van der Waals surface area contributed by atoms with E-state index in [1.54, 1.807) is 36.4 Å². The van der Waals surface area contributed by atoms with Crippen molar-refractivity contribution in [2.45, 2.75) is 6.61 Å². The van der Waals surface area contributed by atoms with Crippen LogP contribution in [0.3, 0.4) is 0 Å². The van der Waals surface area contributed by atoms with E-state index in [0.29, 0.717) is 11.3 Å². The van der Waals surface area contributed by atoms with Gasteiger partial charge < -0.3 is 20.3 Å². The molecule has 0 amide bonds. The number of aromatic hydroxyl groups is 1. The summed E-state index contributed by atoms with van der Waals surface area (Å²) in [6.45, 7) is 0.287. The number of hydrogen-bond donors (Lipinski definition) is 2. The van der Waals surface area contributed by atoms with Crippen molar-refractivity contribution in [2.24, 2.45) is 0 Å². The van der Waals surface area contributed by atoms with Crippen LogP contribution in [0.4, 0.5) is 5.69 Å². The van der Waals surface area contributed by atoms with E-state index in [-0.39, 0.29) is 24.0 Å². The number of nitrogen functional groups attached to an aromatic ring is 1. The Labute approximate surface area is 116 Å². The number of methoxy groups -OCH3 is 1. The van der Waals surface area contributed by atoms with Gasteiger partial charge >= 0.3 is 5.97 Å². The smallest absolute Gasteiger partial charge is 0.337 e. The van der Waals surface area contributed by atoms with Gasteiger partial charge in [0.1, 0.15) is 23.8 Å². The highest BCUT2D eigenvalue weighted by Crippen LogP contribution is 2.30. The Morgan fingerprint density at radius 3 is 2.55 bits per heavy atom. The van der Waals surface area contributed by atoms with Crippen LogP contribution in [0.15, 0.2) is 42.5 Å². The molecule has 2 aromatic rings. The number of esters is 1. The minimum absolute atomic E-state index is 0.0106. The average molecular weight is 273 g/mol. The number of anilines is 1. The fourth-order valence-corrected chi connectivity index (χ4v) is 1.67. The number of phenols is 1. The maximum absolute atomic E-state index is 11.3. The quantitative estimate of drug-likeness (QED) is 0.507. The van der Waals surface area contributed by atoms with E-state index in [4.69, 9.17) is 10.5 Å². The van der Waals surface area contributed by atoms with Crippen LogP contribution in [0.1, 0.15) is 15.9 Å². The number of nitrogens with two attached hydrogens (primary N) is 1. The van der Waals surface area contributed by atoms with E-state index in [1.807, 2.05) is 0 Å². The standard InChI is InChI=1S/C15H15NO4/c1-19-15(18)11-7-5-10(6-8-11)9-20-13-4-2-3-12(17)14(13)16/h2-8,17H,9,16H2,1H3. The average Bonchev–Trinajstić information content (AvgIpc) is 2.48. The monoisotopic (exact) mass is 273 g/mol. The van der Waals surface area contributed by atoms with Gasteiger partial charge in [-0.25, -0.2) is 4.79 Å². The highest BCUT2D eigenvalue weighted by Gasteiger charge is 2.07. The fourth-order valence-electron chi connectivity index (χ4n) is 1.67. The van der Waals surface area contributed by atoms with Crippen LogP contribution >= 0.6 is 0 Å². The van der Waals surface area contributed by atoms with E-state index >= 15 is 0 Å². The molecule has 0 saturated carbocycles. The summed E-state index contributed by atoms with van der Waals surface area (Å²) in [5, 5.41) is 9.47. The second-order valence-corrected chi connectivity index (χ2v) is 4.17. The second-order valence-electron chi connectivity index (χ2n) is 4.17. The van der Waals surface area contributed by atoms with Crippen molar-refractivity contribution in [3.8, 4) is 11.5 Å². The minimum Gasteiger partial charge on any atom is -0.506 e. The van der Waals surface area contributed by atoms with E-state index in [1.165, 1.54) is 13.2 Å². The predicted molar refractivity (Wildman–Crippen MR) is 74.6 cm³/mol. The molecule has 20 heavy (non-hydrogen) atoms. The first-order valence-electron chi connectivity index (χ1n) is 5.99. The fraction of sp³-hybridized carbons (Fsp3) is 0.133. The Hall–Kier alpha value is -2.69. The van der Waals surface area contributed by atoms with Crippen molar-refractivity contribution < 1.29 is 19.4 Å². The van der Waals surface area contributed by atoms with Crippen molar-refractivity contribution in [3.05, 3.63) is 53.6 Å². The summed E-state index contributed by atoms with van der Waals surface area (Å²) in [4.78, 5) is 11.3. The van der Waals surface area contributed by atoms with Gasteiger partial charge in [-0.1, -0.05) is 18.2 Å². The molecule has 2 aromatic carbocycles. The Kier molecular flexibility index (Phi) is 4.10. The van der Waals surface area contributed by atoms with Crippen LogP contribution in [0.5, 0.6) is 11.5 Å². The van der Waals surface area contributed by atoms with Crippen molar-refractivity contribution in [2.75, 3.05) is 12.8 Å². The lowest BCUT2D eigenvalue weighted by molar-refractivity contribution is 0.0600. The molecule has 3 N–H and O–H groups in total. The molecule has 0 spiro atoms. The van der Waals surface area contributed by atoms with E-state index < -0.39 is 0 Å². The zero-order chi connectivity index (χ0) is 14.5. The molecular formula is C15H15NO4. The number of ether oxygens (including phenoxy) is 2. The molecule has 0 aliphatic heterocycles. The molecule has 5 nitrogen and oxygen atoms in total. The Morgan fingerprint density at radius 1 is 1.20 bits per heavy atom. The first-order chi connectivity index (χ1) is 9.61. The lowest BCUT2D eigenvalue weighted by Crippen LogP contribution is -2.02. The third kappa shape index (κ3) is 3.00. The number of carbonyl (C=O) groups is 1. The summed E-state index contributed by atoms with van der Waals surface area (Å²) in [5.74, 6) is 0.0280. The Morgan fingerprint density at radius 2 is 1.90 bits per heavy atom. The molecule has 0 radical (unpaired) electrons. The number of benzene rings is 2. The summed E-state index contributed by atoms with van der Waals surface area (Å²) in [5.41, 5.74) is 7.25. The number of para-hydroxylation sites is 1. The number of carbonyl (C=O) groups excluding carboxylic acids is 1. The van der Waals surface area contributed by atoms with E-state index in [9.17, 15) is 9.90 Å². The molecule has 0 aromatic heterocycles. The maximum Gasteiger partial charge on any atom is 0.337 e. The van der Waals surface area contributed by atoms with Crippen molar-refractivity contribution in [1.29, 1.82) is 0 Å². The molecule has 0 bridgehead atoms. The van der Waals surface area contributed by atoms with Gasteiger partial charge in [-0.2, -0.15) is 0 Å². The summed E-state index contributed by atoms with van der Waals surface area (Å²) >= 11 is 0. The Balaban J connectivity index is 2.04. The van der Waals surface area contributed by atoms with Crippen LogP contribution in [-0.4, -0.2) is 18.2 Å². The van der Waals surface area contributed by atoms with Crippen LogP contribution in [0.2, 0.25) is 0 Å². The highest BCUT2D eigenvalue weighted by molar-refractivity contribution is 5.89. The summed E-state index contributed by atoms with van der Waals surface area (Å²) in [6, 6.07) is 11.7. The zero-order valence-electron chi connectivity index (χ0n) is 11.0. The summed E-state index contributed by atoms with van der Waals surface area (Å²) < 4.78 is 10.1. The van der Waals surface area contributed by atoms with Gasteiger partial charge in [-0.15, -0.1) is 0 Å². The first-order valence-corrected chi connectivity index (χ1v) is 5.99. The van der Waals surface area contributed by atoms with Gasteiger partial charge in [0.25, 0.3) is 0 Å². The second kappa shape index (κ2) is 5.97. The lowest BCUT2D eigenvalue weighted by atomic mass is 10.1. The van der Waals surface area contributed by atoms with Gasteiger partial charge in [0, 0.05) is 0 Å². The van der Waals surface area contributed by atoms with Gasteiger partial charge in [-0.05, 0) is 29.8 Å². The highest BCUT2D eigenvalue weighted by atomic mass is 16.5. The molecule has 0 aliphatic carbocycles. The largest absolute Gasteiger partial charge is 0.506 e. The topological polar surface area (TPSA) is 81.8 Å². The molecular weight excluding hydrogens is 258 g/mol. The SMILES string of the molecule is COC(=O)c1ccc(COc2cccc(O)c2N)cc1. The number of phenolic OH excluding ortho intramolecular Hbond substituents is 1. The third-order valence-corrected chi connectivity index (χ3v) is 2.81. The molecule has 0 saturated heterocycles. The van der Waals surface area contributed by atoms with Crippen molar-refractivity contribution in [3.63, 3.8) is 0 Å². The maximum atomic E-state index is 11.3. The molecule has 0 heterocycles. The number of hydrogen-bond acceptors (Lipinski definition) is 5. The van der Waals surface area contributed by atoms with Gasteiger partial charge in [-0.3, -0.25) is 0 Å². The van der Waals surface area contributed by atoms with E-state index in [2.05, 4.69) is 4.74 Å². The van der Waals surface area contributed by atoms with Crippen LogP contribution in [-0.2, 0) is 11.3 Å². The minimum atomic E-state index is -0.380. The molecule has 0 unspecified atom stereocenters. The summed E-state index contributed by atoms with van der Waals surface area (Å²) in [7, 11) is 1.34. The predicted octanol–water partition coefficient (Wildman–Crippen LogP) is 2.34. The molecule has 5 heteroatoms. The van der Waals surface area contributed by atoms with Crippen molar-refractivity contribution >= 4 is 11.7 Å². The van der Waals surface area contributed by atoms with Gasteiger partial charge in [0.2, 0.25) is 0 Å². The molecule has 0 aliphatic rings. The Bertz CT molecular complexity index is 608. The van der Waals surface area contributed by atoms with Gasteiger partial charge in [0.05, 0.1) is 12.7 Å². The van der Waals surface area contributed by atoms with Crippen LogP contribution in [0, 0.1) is 0 Å².